The van der Waals surface area contributed by atoms with E-state index < -0.39 is 0 Å². The summed E-state index contributed by atoms with van der Waals surface area (Å²) in [5.41, 5.74) is 1.23. The van der Waals surface area contributed by atoms with Crippen molar-refractivity contribution in [1.82, 2.24) is 5.32 Å². The van der Waals surface area contributed by atoms with Crippen LogP contribution in [0.15, 0.2) is 22.7 Å². The second-order valence-corrected chi connectivity index (χ2v) is 5.43. The third-order valence-electron chi connectivity index (χ3n) is 2.94. The maximum absolute atomic E-state index is 5.83. The lowest BCUT2D eigenvalue weighted by Gasteiger charge is -2.19. The fourth-order valence-corrected chi connectivity index (χ4v) is 2.29. The van der Waals surface area contributed by atoms with Gasteiger partial charge < -0.3 is 10.1 Å². The van der Waals surface area contributed by atoms with Gasteiger partial charge >= 0.3 is 0 Å². The summed E-state index contributed by atoms with van der Waals surface area (Å²) in [4.78, 5) is 0. The highest BCUT2D eigenvalue weighted by Crippen LogP contribution is 2.25. The molecular weight excluding hydrogens is 302 g/mol. The average Bonchev–Trinajstić information content (AvgIpc) is 2.35. The summed E-state index contributed by atoms with van der Waals surface area (Å²) in [6, 6.07) is 6.52. The number of nitrogens with one attached hydrogen (secondary N) is 1. The van der Waals surface area contributed by atoms with E-state index in [-0.39, 0.29) is 0 Å². The lowest BCUT2D eigenvalue weighted by molar-refractivity contribution is 0.411. The molecule has 1 aromatic rings. The minimum absolute atomic E-state index is 0.411. The number of benzene rings is 1. The molecule has 0 aliphatic heterocycles. The van der Waals surface area contributed by atoms with Gasteiger partial charge in [0, 0.05) is 18.5 Å². The van der Waals surface area contributed by atoms with Gasteiger partial charge in [-0.25, -0.2) is 0 Å². The predicted octanol–water partition coefficient (Wildman–Crippen LogP) is 3.81. The highest BCUT2D eigenvalue weighted by molar-refractivity contribution is 9.10. The second-order valence-electron chi connectivity index (χ2n) is 4.27. The number of alkyl halides is 1. The molecule has 4 heteroatoms. The highest BCUT2D eigenvalue weighted by atomic mass is 79.9. The van der Waals surface area contributed by atoms with Gasteiger partial charge in [0.25, 0.3) is 0 Å². The van der Waals surface area contributed by atoms with Crippen molar-refractivity contribution in [1.29, 1.82) is 0 Å². The fourth-order valence-electron chi connectivity index (χ4n) is 1.43. The summed E-state index contributed by atoms with van der Waals surface area (Å²) in [5.74, 6) is 2.01. The van der Waals surface area contributed by atoms with E-state index in [4.69, 9.17) is 16.3 Å². The van der Waals surface area contributed by atoms with E-state index in [0.29, 0.717) is 17.8 Å². The second kappa shape index (κ2) is 7.24. The zero-order valence-corrected chi connectivity index (χ0v) is 12.8. The van der Waals surface area contributed by atoms with Gasteiger partial charge in [0.15, 0.2) is 0 Å². The number of methoxy groups -OCH3 is 1. The highest BCUT2D eigenvalue weighted by Gasteiger charge is 2.10. The first-order chi connectivity index (χ1) is 8.08. The van der Waals surface area contributed by atoms with E-state index in [9.17, 15) is 0 Å². The number of hydrogen-bond donors (Lipinski definition) is 1. The van der Waals surface area contributed by atoms with Crippen molar-refractivity contribution in [3.8, 4) is 5.75 Å². The van der Waals surface area contributed by atoms with Gasteiger partial charge in [0.2, 0.25) is 0 Å². The minimum Gasteiger partial charge on any atom is -0.496 e. The van der Waals surface area contributed by atoms with E-state index >= 15 is 0 Å². The van der Waals surface area contributed by atoms with E-state index in [1.807, 2.05) is 6.07 Å². The van der Waals surface area contributed by atoms with Gasteiger partial charge in [-0.15, -0.1) is 11.6 Å². The zero-order valence-electron chi connectivity index (χ0n) is 10.5. The summed E-state index contributed by atoms with van der Waals surface area (Å²) >= 11 is 9.31. The average molecular weight is 321 g/mol. The van der Waals surface area contributed by atoms with Crippen molar-refractivity contribution >= 4 is 27.5 Å². The Kier molecular flexibility index (Phi) is 6.31. The maximum Gasteiger partial charge on any atom is 0.133 e. The number of hydrogen-bond acceptors (Lipinski definition) is 2. The van der Waals surface area contributed by atoms with Crippen LogP contribution < -0.4 is 10.1 Å². The molecule has 0 spiro atoms. The lowest BCUT2D eigenvalue weighted by atomic mass is 10.1. The Morgan fingerprint density at radius 3 is 2.65 bits per heavy atom. The maximum atomic E-state index is 5.83. The topological polar surface area (TPSA) is 21.3 Å². The van der Waals surface area contributed by atoms with Gasteiger partial charge in [-0.05, 0) is 46.5 Å². The van der Waals surface area contributed by atoms with Crippen molar-refractivity contribution in [2.45, 2.75) is 26.4 Å². The zero-order chi connectivity index (χ0) is 12.8. The van der Waals surface area contributed by atoms with Crippen LogP contribution in [0.1, 0.15) is 19.4 Å². The molecule has 1 rings (SSSR count). The molecule has 1 N–H and O–H groups in total. The Morgan fingerprint density at radius 2 is 2.12 bits per heavy atom. The minimum atomic E-state index is 0.411. The molecule has 0 aliphatic rings. The largest absolute Gasteiger partial charge is 0.496 e. The molecule has 0 saturated heterocycles. The first kappa shape index (κ1) is 14.8. The van der Waals surface area contributed by atoms with Crippen LogP contribution in [0.3, 0.4) is 0 Å². The number of rotatable bonds is 6. The molecule has 1 aromatic carbocycles. The number of halogens is 2. The van der Waals surface area contributed by atoms with E-state index in [1.165, 1.54) is 5.56 Å². The van der Waals surface area contributed by atoms with Gasteiger partial charge in [0.1, 0.15) is 5.75 Å². The summed E-state index contributed by atoms with van der Waals surface area (Å²) in [6.45, 7) is 5.14. The lowest BCUT2D eigenvalue weighted by Crippen LogP contribution is -2.32. The fraction of sp³-hybridized carbons (Fsp3) is 0.538. The standard InChI is InChI=1S/C13H19BrClNO/c1-9(7-15)10(2)16-8-11-4-5-13(17-3)12(14)6-11/h4-6,9-10,16H,7-8H2,1-3H3. The van der Waals surface area contributed by atoms with Crippen LogP contribution in [0.2, 0.25) is 0 Å². The molecule has 17 heavy (non-hydrogen) atoms. The molecule has 96 valence electrons. The van der Waals surface area contributed by atoms with E-state index in [1.54, 1.807) is 7.11 Å². The molecule has 2 nitrogen and oxygen atoms in total. The molecule has 0 saturated carbocycles. The molecular formula is C13H19BrClNO. The molecule has 0 amide bonds. The summed E-state index contributed by atoms with van der Waals surface area (Å²) < 4.78 is 6.18. The van der Waals surface area contributed by atoms with Crippen LogP contribution in [0.4, 0.5) is 0 Å². The van der Waals surface area contributed by atoms with Crippen molar-refractivity contribution in [3.05, 3.63) is 28.2 Å². The smallest absolute Gasteiger partial charge is 0.133 e. The van der Waals surface area contributed by atoms with Crippen molar-refractivity contribution in [2.75, 3.05) is 13.0 Å². The van der Waals surface area contributed by atoms with Gasteiger partial charge in [-0.2, -0.15) is 0 Å². The molecule has 2 unspecified atom stereocenters. The third-order valence-corrected chi connectivity index (χ3v) is 4.05. The summed E-state index contributed by atoms with van der Waals surface area (Å²) in [6.07, 6.45) is 0. The molecule has 0 bridgehead atoms. The van der Waals surface area contributed by atoms with Gasteiger partial charge in [-0.1, -0.05) is 13.0 Å². The Bertz CT molecular complexity index is 359. The summed E-state index contributed by atoms with van der Waals surface area (Å²) in [7, 11) is 1.67. The van der Waals surface area contributed by atoms with Crippen molar-refractivity contribution < 1.29 is 4.74 Å². The third kappa shape index (κ3) is 4.49. The first-order valence-electron chi connectivity index (χ1n) is 5.70. The normalized spacial score (nSPS) is 14.4. The summed E-state index contributed by atoms with van der Waals surface area (Å²) in [5, 5.41) is 3.47. The van der Waals surface area contributed by atoms with Gasteiger partial charge in [0.05, 0.1) is 11.6 Å². The van der Waals surface area contributed by atoms with Crippen molar-refractivity contribution in [3.63, 3.8) is 0 Å². The van der Waals surface area contributed by atoms with Crippen LogP contribution in [0.5, 0.6) is 5.75 Å². The number of ether oxygens (including phenoxy) is 1. The Balaban J connectivity index is 2.55. The molecule has 2 atom stereocenters. The molecule has 0 aromatic heterocycles. The molecule has 0 heterocycles. The first-order valence-corrected chi connectivity index (χ1v) is 7.03. The van der Waals surface area contributed by atoms with Crippen LogP contribution >= 0.6 is 27.5 Å². The van der Waals surface area contributed by atoms with Gasteiger partial charge in [-0.3, -0.25) is 0 Å². The monoisotopic (exact) mass is 319 g/mol. The SMILES string of the molecule is COc1ccc(CNC(C)C(C)CCl)cc1Br. The van der Waals surface area contributed by atoms with E-state index in [2.05, 4.69) is 47.2 Å². The molecule has 0 radical (unpaired) electrons. The van der Waals surface area contributed by atoms with Crippen LogP contribution in [0.25, 0.3) is 0 Å². The quantitative estimate of drug-likeness (QED) is 0.805. The Labute approximate surface area is 117 Å². The Morgan fingerprint density at radius 1 is 1.41 bits per heavy atom. The van der Waals surface area contributed by atoms with Crippen LogP contribution in [0, 0.1) is 5.92 Å². The van der Waals surface area contributed by atoms with Crippen LogP contribution in [-0.2, 0) is 6.54 Å². The Hall–Kier alpha value is -0.250. The predicted molar refractivity (Wildman–Crippen MR) is 76.9 cm³/mol. The molecule has 0 fully saturated rings. The van der Waals surface area contributed by atoms with Crippen molar-refractivity contribution in [2.24, 2.45) is 5.92 Å². The van der Waals surface area contributed by atoms with E-state index in [0.717, 1.165) is 16.8 Å². The molecule has 0 aliphatic carbocycles. The van der Waals surface area contributed by atoms with Crippen LogP contribution in [-0.4, -0.2) is 19.0 Å².